The largest absolute Gasteiger partial charge is 0.393 e. The Kier molecular flexibility index (Phi) is 2.82. The molecule has 0 spiro atoms. The quantitative estimate of drug-likeness (QED) is 0.716. The monoisotopic (exact) mass is 168 g/mol. The zero-order valence-electron chi connectivity index (χ0n) is 7.34. The van der Waals surface area contributed by atoms with Crippen LogP contribution in [0, 0.1) is 12.7 Å². The van der Waals surface area contributed by atoms with Crippen LogP contribution >= 0.6 is 0 Å². The first-order valence-electron chi connectivity index (χ1n) is 4.02. The normalized spacial score (nSPS) is 13.0. The second kappa shape index (κ2) is 3.68. The molecule has 0 fully saturated rings. The fourth-order valence-corrected chi connectivity index (χ4v) is 1.17. The molecule has 1 atom stereocenters. The van der Waals surface area contributed by atoms with Crippen molar-refractivity contribution in [3.63, 3.8) is 0 Å². The maximum atomic E-state index is 12.8. The Morgan fingerprint density at radius 1 is 1.50 bits per heavy atom. The Hall–Kier alpha value is -0.890. The number of benzene rings is 1. The van der Waals surface area contributed by atoms with Crippen LogP contribution in [-0.4, -0.2) is 11.2 Å². The minimum atomic E-state index is -0.366. The van der Waals surface area contributed by atoms with Gasteiger partial charge in [-0.25, -0.2) is 4.39 Å². The summed E-state index contributed by atoms with van der Waals surface area (Å²) in [6, 6.07) is 4.91. The third-order valence-electron chi connectivity index (χ3n) is 1.75. The van der Waals surface area contributed by atoms with Crippen LogP contribution < -0.4 is 0 Å². The Morgan fingerprint density at radius 3 is 2.67 bits per heavy atom. The molecule has 0 aliphatic rings. The van der Waals surface area contributed by atoms with E-state index in [9.17, 15) is 4.39 Å². The predicted octanol–water partition coefficient (Wildman–Crippen LogP) is 2.06. The van der Waals surface area contributed by atoms with Crippen LogP contribution in [0.2, 0.25) is 0 Å². The van der Waals surface area contributed by atoms with Crippen molar-refractivity contribution in [2.24, 2.45) is 0 Å². The van der Waals surface area contributed by atoms with Gasteiger partial charge in [0.15, 0.2) is 0 Å². The van der Waals surface area contributed by atoms with E-state index in [4.69, 9.17) is 5.11 Å². The molecule has 2 heteroatoms. The van der Waals surface area contributed by atoms with Crippen molar-refractivity contribution in [2.75, 3.05) is 0 Å². The van der Waals surface area contributed by atoms with Crippen LogP contribution in [0.15, 0.2) is 18.2 Å². The van der Waals surface area contributed by atoms with Crippen LogP contribution in [-0.2, 0) is 6.42 Å². The molecule has 0 heterocycles. The summed E-state index contributed by atoms with van der Waals surface area (Å²) < 4.78 is 12.8. The number of aliphatic hydroxyl groups excluding tert-OH is 1. The smallest absolute Gasteiger partial charge is 0.126 e. The van der Waals surface area contributed by atoms with E-state index >= 15 is 0 Å². The summed E-state index contributed by atoms with van der Waals surface area (Å²) in [5.74, 6) is -0.190. The molecular formula is C10H13FO. The highest BCUT2D eigenvalue weighted by Gasteiger charge is 2.01. The molecule has 1 nitrogen and oxygen atoms in total. The lowest BCUT2D eigenvalue weighted by atomic mass is 10.1. The summed E-state index contributed by atoms with van der Waals surface area (Å²) in [5.41, 5.74) is 1.61. The molecular weight excluding hydrogens is 155 g/mol. The molecule has 66 valence electrons. The molecule has 0 amide bonds. The molecule has 1 aromatic carbocycles. The summed E-state index contributed by atoms with van der Waals surface area (Å²) in [6.45, 7) is 3.44. The minimum absolute atomic E-state index is 0.190. The van der Waals surface area contributed by atoms with Crippen molar-refractivity contribution >= 4 is 0 Å². The van der Waals surface area contributed by atoms with Crippen LogP contribution in [0.4, 0.5) is 4.39 Å². The number of hydrogen-bond donors (Lipinski definition) is 1. The van der Waals surface area contributed by atoms with E-state index in [1.807, 2.05) is 0 Å². The molecule has 0 saturated carbocycles. The highest BCUT2D eigenvalue weighted by atomic mass is 19.1. The van der Waals surface area contributed by atoms with E-state index in [1.54, 1.807) is 26.0 Å². The first-order valence-corrected chi connectivity index (χ1v) is 4.02. The van der Waals surface area contributed by atoms with Gasteiger partial charge in [-0.1, -0.05) is 12.1 Å². The zero-order valence-corrected chi connectivity index (χ0v) is 7.34. The van der Waals surface area contributed by atoms with Gasteiger partial charge in [0.25, 0.3) is 0 Å². The Balaban J connectivity index is 2.82. The predicted molar refractivity (Wildman–Crippen MR) is 46.5 cm³/mol. The van der Waals surface area contributed by atoms with Gasteiger partial charge in [0.1, 0.15) is 5.82 Å². The van der Waals surface area contributed by atoms with Crippen molar-refractivity contribution in [1.29, 1.82) is 0 Å². The van der Waals surface area contributed by atoms with Crippen molar-refractivity contribution in [2.45, 2.75) is 26.4 Å². The van der Waals surface area contributed by atoms with Gasteiger partial charge in [-0.05, 0) is 37.5 Å². The summed E-state index contributed by atoms with van der Waals surface area (Å²) in [7, 11) is 0. The van der Waals surface area contributed by atoms with E-state index < -0.39 is 0 Å². The standard InChI is InChI=1S/C10H13FO/c1-7-5-9(6-8(2)12)3-4-10(7)11/h3-5,8,12H,6H2,1-2H3/t8-/m1/s1. The highest BCUT2D eigenvalue weighted by Crippen LogP contribution is 2.10. The lowest BCUT2D eigenvalue weighted by Gasteiger charge is -2.05. The van der Waals surface area contributed by atoms with Gasteiger partial charge < -0.3 is 5.11 Å². The van der Waals surface area contributed by atoms with Crippen LogP contribution in [0.5, 0.6) is 0 Å². The van der Waals surface area contributed by atoms with Crippen molar-refractivity contribution < 1.29 is 9.50 Å². The molecule has 0 aromatic heterocycles. The van der Waals surface area contributed by atoms with Gasteiger partial charge >= 0.3 is 0 Å². The summed E-state index contributed by atoms with van der Waals surface area (Å²) in [5, 5.41) is 9.07. The molecule has 0 aliphatic heterocycles. The van der Waals surface area contributed by atoms with Gasteiger partial charge in [0.05, 0.1) is 6.10 Å². The van der Waals surface area contributed by atoms with E-state index in [-0.39, 0.29) is 11.9 Å². The maximum absolute atomic E-state index is 12.8. The number of rotatable bonds is 2. The molecule has 1 N–H and O–H groups in total. The summed E-state index contributed by atoms with van der Waals surface area (Å²) in [4.78, 5) is 0. The molecule has 1 rings (SSSR count). The fourth-order valence-electron chi connectivity index (χ4n) is 1.17. The molecule has 0 unspecified atom stereocenters. The van der Waals surface area contributed by atoms with Crippen molar-refractivity contribution in [3.8, 4) is 0 Å². The van der Waals surface area contributed by atoms with Gasteiger partial charge in [0.2, 0.25) is 0 Å². The van der Waals surface area contributed by atoms with E-state index in [2.05, 4.69) is 0 Å². The second-order valence-electron chi connectivity index (χ2n) is 3.14. The maximum Gasteiger partial charge on any atom is 0.126 e. The first-order chi connectivity index (χ1) is 5.59. The Labute approximate surface area is 71.9 Å². The van der Waals surface area contributed by atoms with Crippen molar-refractivity contribution in [3.05, 3.63) is 35.1 Å². The molecule has 0 radical (unpaired) electrons. The van der Waals surface area contributed by atoms with Crippen LogP contribution in [0.3, 0.4) is 0 Å². The average molecular weight is 168 g/mol. The third-order valence-corrected chi connectivity index (χ3v) is 1.75. The number of aryl methyl sites for hydroxylation is 1. The molecule has 12 heavy (non-hydrogen) atoms. The van der Waals surface area contributed by atoms with E-state index in [1.165, 1.54) is 6.07 Å². The van der Waals surface area contributed by atoms with Crippen LogP contribution in [0.25, 0.3) is 0 Å². The molecule has 0 bridgehead atoms. The molecule has 1 aromatic rings. The number of hydrogen-bond acceptors (Lipinski definition) is 1. The van der Waals surface area contributed by atoms with Gasteiger partial charge in [0, 0.05) is 0 Å². The van der Waals surface area contributed by atoms with Crippen LogP contribution in [0.1, 0.15) is 18.1 Å². The average Bonchev–Trinajstić information content (AvgIpc) is 1.96. The minimum Gasteiger partial charge on any atom is -0.393 e. The Morgan fingerprint density at radius 2 is 2.17 bits per heavy atom. The van der Waals surface area contributed by atoms with Gasteiger partial charge in [-0.2, -0.15) is 0 Å². The number of aliphatic hydroxyl groups is 1. The van der Waals surface area contributed by atoms with Gasteiger partial charge in [-0.3, -0.25) is 0 Å². The molecule has 0 saturated heterocycles. The van der Waals surface area contributed by atoms with Crippen molar-refractivity contribution in [1.82, 2.24) is 0 Å². The topological polar surface area (TPSA) is 20.2 Å². The summed E-state index contributed by atoms with van der Waals surface area (Å²) in [6.07, 6.45) is 0.219. The first kappa shape index (κ1) is 9.20. The van der Waals surface area contributed by atoms with E-state index in [0.717, 1.165) is 5.56 Å². The fraction of sp³-hybridized carbons (Fsp3) is 0.400. The number of halogens is 1. The lowest BCUT2D eigenvalue weighted by Crippen LogP contribution is -2.04. The third kappa shape index (κ3) is 2.31. The summed E-state index contributed by atoms with van der Waals surface area (Å²) >= 11 is 0. The second-order valence-corrected chi connectivity index (χ2v) is 3.14. The Bertz CT molecular complexity index is 269. The zero-order chi connectivity index (χ0) is 9.14. The van der Waals surface area contributed by atoms with E-state index in [0.29, 0.717) is 12.0 Å². The van der Waals surface area contributed by atoms with Gasteiger partial charge in [-0.15, -0.1) is 0 Å². The highest BCUT2D eigenvalue weighted by molar-refractivity contribution is 5.24. The lowest BCUT2D eigenvalue weighted by molar-refractivity contribution is 0.195. The SMILES string of the molecule is Cc1cc(C[C@@H](C)O)ccc1F. The molecule has 0 aliphatic carbocycles.